The fourth-order valence-corrected chi connectivity index (χ4v) is 2.95. The van der Waals surface area contributed by atoms with Gasteiger partial charge in [0.15, 0.2) is 0 Å². The molecule has 21 heavy (non-hydrogen) atoms. The molecule has 0 aliphatic heterocycles. The van der Waals surface area contributed by atoms with Crippen molar-refractivity contribution in [3.8, 4) is 0 Å². The topological polar surface area (TPSA) is 55.6 Å². The molecule has 0 unspecified atom stereocenters. The van der Waals surface area contributed by atoms with E-state index in [4.69, 9.17) is 10.5 Å². The van der Waals surface area contributed by atoms with E-state index >= 15 is 0 Å². The molecule has 0 atom stereocenters. The molecule has 112 valence electrons. The predicted molar refractivity (Wildman–Crippen MR) is 87.9 cm³/mol. The van der Waals surface area contributed by atoms with Gasteiger partial charge in [-0.3, -0.25) is 0 Å². The van der Waals surface area contributed by atoms with Crippen molar-refractivity contribution in [1.29, 1.82) is 0 Å². The number of hydrogen-bond acceptors (Lipinski definition) is 5. The van der Waals surface area contributed by atoms with Gasteiger partial charge in [-0.05, 0) is 37.4 Å². The van der Waals surface area contributed by atoms with Crippen LogP contribution in [-0.2, 0) is 11.3 Å². The molecule has 5 heteroatoms. The zero-order valence-corrected chi connectivity index (χ0v) is 13.2. The van der Waals surface area contributed by atoms with Crippen LogP contribution < -0.4 is 10.6 Å². The molecule has 1 aromatic heterocycles. The number of carbonyl (C=O) groups excluding carboxylic acids is 1. The van der Waals surface area contributed by atoms with Crippen molar-refractivity contribution in [2.45, 2.75) is 20.4 Å². The number of ether oxygens (including phenoxy) is 1. The number of anilines is 2. The predicted octanol–water partition coefficient (Wildman–Crippen LogP) is 3.53. The number of nitrogens with zero attached hydrogens (tertiary/aromatic N) is 1. The van der Waals surface area contributed by atoms with Crippen LogP contribution in [0.4, 0.5) is 11.4 Å². The second kappa shape index (κ2) is 7.13. The Hall–Kier alpha value is -2.01. The third-order valence-electron chi connectivity index (χ3n) is 3.19. The van der Waals surface area contributed by atoms with Crippen LogP contribution in [0.1, 0.15) is 29.1 Å². The van der Waals surface area contributed by atoms with Crippen molar-refractivity contribution >= 4 is 28.7 Å². The lowest BCUT2D eigenvalue weighted by molar-refractivity contribution is 0.0527. The molecule has 2 aromatic rings. The summed E-state index contributed by atoms with van der Waals surface area (Å²) in [5.41, 5.74) is 7.99. The van der Waals surface area contributed by atoms with Gasteiger partial charge < -0.3 is 15.4 Å². The van der Waals surface area contributed by atoms with Crippen LogP contribution in [0.25, 0.3) is 0 Å². The summed E-state index contributed by atoms with van der Waals surface area (Å²) in [6, 6.07) is 9.46. The van der Waals surface area contributed by atoms with Crippen molar-refractivity contribution in [2.24, 2.45) is 0 Å². The Morgan fingerprint density at radius 2 is 2.10 bits per heavy atom. The SMILES string of the molecule is CCOC(=O)c1cccc(N)c1N(CC)Cc1cccs1. The zero-order valence-electron chi connectivity index (χ0n) is 12.3. The Bertz CT molecular complexity index is 596. The van der Waals surface area contributed by atoms with Gasteiger partial charge in [0.05, 0.1) is 30.1 Å². The lowest BCUT2D eigenvalue weighted by Crippen LogP contribution is -2.25. The number of nitrogens with two attached hydrogens (primary N) is 1. The van der Waals surface area contributed by atoms with Crippen molar-refractivity contribution in [2.75, 3.05) is 23.8 Å². The third kappa shape index (κ3) is 3.55. The largest absolute Gasteiger partial charge is 0.462 e. The van der Waals surface area contributed by atoms with Crippen LogP contribution >= 0.6 is 11.3 Å². The Labute approximate surface area is 129 Å². The molecule has 2 N–H and O–H groups in total. The summed E-state index contributed by atoms with van der Waals surface area (Å²) in [4.78, 5) is 15.5. The molecule has 4 nitrogen and oxygen atoms in total. The van der Waals surface area contributed by atoms with Crippen LogP contribution in [0.2, 0.25) is 0 Å². The number of thiophene rings is 1. The summed E-state index contributed by atoms with van der Waals surface area (Å²) in [6.45, 7) is 5.69. The maximum Gasteiger partial charge on any atom is 0.340 e. The van der Waals surface area contributed by atoms with E-state index in [9.17, 15) is 4.79 Å². The molecule has 0 saturated heterocycles. The van der Waals surface area contributed by atoms with Gasteiger partial charge in [0.2, 0.25) is 0 Å². The molecule has 0 aliphatic carbocycles. The minimum atomic E-state index is -0.329. The summed E-state index contributed by atoms with van der Waals surface area (Å²) < 4.78 is 5.13. The highest BCUT2D eigenvalue weighted by Crippen LogP contribution is 2.30. The van der Waals surface area contributed by atoms with Crippen LogP contribution in [-0.4, -0.2) is 19.1 Å². The molecule has 0 bridgehead atoms. The lowest BCUT2D eigenvalue weighted by Gasteiger charge is -2.26. The van der Waals surface area contributed by atoms with Crippen LogP contribution in [0.3, 0.4) is 0 Å². The average molecular weight is 304 g/mol. The monoisotopic (exact) mass is 304 g/mol. The summed E-state index contributed by atoms with van der Waals surface area (Å²) in [6.07, 6.45) is 0. The quantitative estimate of drug-likeness (QED) is 0.655. The van der Waals surface area contributed by atoms with E-state index in [0.717, 1.165) is 18.8 Å². The number of carbonyl (C=O) groups is 1. The van der Waals surface area contributed by atoms with Gasteiger partial charge in [-0.15, -0.1) is 11.3 Å². The van der Waals surface area contributed by atoms with Crippen LogP contribution in [0.15, 0.2) is 35.7 Å². The molecule has 1 aromatic carbocycles. The van der Waals surface area contributed by atoms with Gasteiger partial charge >= 0.3 is 5.97 Å². The Kier molecular flexibility index (Phi) is 5.22. The highest BCUT2D eigenvalue weighted by Gasteiger charge is 2.19. The zero-order chi connectivity index (χ0) is 15.2. The van der Waals surface area contributed by atoms with Crippen LogP contribution in [0.5, 0.6) is 0 Å². The normalized spacial score (nSPS) is 10.4. The van der Waals surface area contributed by atoms with E-state index in [1.807, 2.05) is 17.5 Å². The van der Waals surface area contributed by atoms with E-state index in [0.29, 0.717) is 17.9 Å². The van der Waals surface area contributed by atoms with E-state index < -0.39 is 0 Å². The summed E-state index contributed by atoms with van der Waals surface area (Å²) in [5, 5.41) is 2.05. The number of hydrogen-bond donors (Lipinski definition) is 1. The molecule has 1 heterocycles. The molecule has 0 amide bonds. The van der Waals surface area contributed by atoms with Gasteiger partial charge in [-0.1, -0.05) is 12.1 Å². The molecule has 0 fully saturated rings. The standard InChI is InChI=1S/C16H20N2O2S/c1-3-18(11-12-7-6-10-21-12)15-13(16(19)20-4-2)8-5-9-14(15)17/h5-10H,3-4,11,17H2,1-2H3. The minimum Gasteiger partial charge on any atom is -0.462 e. The minimum absolute atomic E-state index is 0.329. The first kappa shape index (κ1) is 15.4. The van der Waals surface area contributed by atoms with Gasteiger partial charge in [0.25, 0.3) is 0 Å². The lowest BCUT2D eigenvalue weighted by atomic mass is 10.1. The molecule has 0 aliphatic rings. The smallest absolute Gasteiger partial charge is 0.340 e. The number of para-hydroxylation sites is 1. The molecule has 0 radical (unpaired) electrons. The fourth-order valence-electron chi connectivity index (χ4n) is 2.23. The van der Waals surface area contributed by atoms with Crippen molar-refractivity contribution in [1.82, 2.24) is 0 Å². The van der Waals surface area contributed by atoms with Crippen molar-refractivity contribution < 1.29 is 9.53 Å². The van der Waals surface area contributed by atoms with E-state index in [1.165, 1.54) is 4.88 Å². The van der Waals surface area contributed by atoms with Gasteiger partial charge in [-0.25, -0.2) is 4.79 Å². The highest BCUT2D eigenvalue weighted by molar-refractivity contribution is 7.09. The van der Waals surface area contributed by atoms with Crippen molar-refractivity contribution in [3.63, 3.8) is 0 Å². The van der Waals surface area contributed by atoms with Crippen LogP contribution in [0, 0.1) is 0 Å². The maximum absolute atomic E-state index is 12.1. The number of esters is 1. The molecular formula is C16H20N2O2S. The average Bonchev–Trinajstić information content (AvgIpc) is 2.98. The number of rotatable bonds is 6. The molecule has 0 saturated carbocycles. The van der Waals surface area contributed by atoms with Gasteiger partial charge in [0.1, 0.15) is 0 Å². The van der Waals surface area contributed by atoms with E-state index in [2.05, 4.69) is 17.9 Å². The summed E-state index contributed by atoms with van der Waals surface area (Å²) in [7, 11) is 0. The molecule has 2 rings (SSSR count). The maximum atomic E-state index is 12.1. The Morgan fingerprint density at radius 1 is 1.29 bits per heavy atom. The first-order valence-corrected chi connectivity index (χ1v) is 7.88. The summed E-state index contributed by atoms with van der Waals surface area (Å²) >= 11 is 1.69. The van der Waals surface area contributed by atoms with E-state index in [1.54, 1.807) is 30.4 Å². The first-order chi connectivity index (χ1) is 10.2. The number of nitrogen functional groups attached to an aromatic ring is 1. The van der Waals surface area contributed by atoms with Crippen molar-refractivity contribution in [3.05, 3.63) is 46.2 Å². The fraction of sp³-hybridized carbons (Fsp3) is 0.312. The second-order valence-corrected chi connectivity index (χ2v) is 5.59. The van der Waals surface area contributed by atoms with Gasteiger partial charge in [-0.2, -0.15) is 0 Å². The highest BCUT2D eigenvalue weighted by atomic mass is 32.1. The Balaban J connectivity index is 2.37. The van der Waals surface area contributed by atoms with E-state index in [-0.39, 0.29) is 5.97 Å². The first-order valence-electron chi connectivity index (χ1n) is 7.00. The second-order valence-electron chi connectivity index (χ2n) is 4.56. The molecular weight excluding hydrogens is 284 g/mol. The number of benzene rings is 1. The van der Waals surface area contributed by atoms with Gasteiger partial charge in [0, 0.05) is 11.4 Å². The molecule has 0 spiro atoms. The Morgan fingerprint density at radius 3 is 2.71 bits per heavy atom. The third-order valence-corrected chi connectivity index (χ3v) is 4.05. The summed E-state index contributed by atoms with van der Waals surface area (Å²) in [5.74, 6) is -0.329.